The van der Waals surface area contributed by atoms with Gasteiger partial charge in [-0.25, -0.2) is 0 Å². The highest BCUT2D eigenvalue weighted by Crippen LogP contribution is 2.24. The van der Waals surface area contributed by atoms with Gasteiger partial charge in [0.1, 0.15) is 5.75 Å². The van der Waals surface area contributed by atoms with E-state index in [0.717, 1.165) is 31.6 Å². The molecule has 1 aliphatic heterocycles. The minimum Gasteiger partial charge on any atom is -0.406 e. The van der Waals surface area contributed by atoms with Gasteiger partial charge in [-0.2, -0.15) is 0 Å². The number of fused-ring (bicyclic) bond motifs is 1. The molecule has 3 rings (SSSR count). The number of alkyl halides is 3. The number of benzene rings is 2. The first-order valence-corrected chi connectivity index (χ1v) is 7.13. The van der Waals surface area contributed by atoms with Crippen molar-refractivity contribution in [1.29, 1.82) is 0 Å². The van der Waals surface area contributed by atoms with Crippen LogP contribution in [0.5, 0.6) is 5.75 Å². The number of halogens is 4. The van der Waals surface area contributed by atoms with Crippen molar-refractivity contribution in [2.45, 2.75) is 25.9 Å². The van der Waals surface area contributed by atoms with E-state index in [1.165, 1.54) is 23.3 Å². The Morgan fingerprint density at radius 3 is 2.26 bits per heavy atom. The minimum atomic E-state index is -4.64. The van der Waals surface area contributed by atoms with Gasteiger partial charge in [-0.05, 0) is 35.2 Å². The predicted molar refractivity (Wildman–Crippen MR) is 84.6 cm³/mol. The van der Waals surface area contributed by atoms with E-state index >= 15 is 0 Å². The Balaban J connectivity index is 0.00000192. The highest BCUT2D eigenvalue weighted by molar-refractivity contribution is 5.85. The molecule has 23 heavy (non-hydrogen) atoms. The third kappa shape index (κ3) is 4.88. The summed E-state index contributed by atoms with van der Waals surface area (Å²) in [5.74, 6) is -0.180. The van der Waals surface area contributed by atoms with Crippen LogP contribution in [0.1, 0.15) is 16.7 Å². The number of rotatable bonds is 3. The molecule has 0 radical (unpaired) electrons. The van der Waals surface area contributed by atoms with Gasteiger partial charge in [-0.3, -0.25) is 4.90 Å². The summed E-state index contributed by atoms with van der Waals surface area (Å²) in [6.07, 6.45) is -3.64. The van der Waals surface area contributed by atoms with E-state index in [-0.39, 0.29) is 18.2 Å². The maximum Gasteiger partial charge on any atom is 0.573 e. The van der Waals surface area contributed by atoms with Crippen molar-refractivity contribution in [1.82, 2.24) is 4.90 Å². The van der Waals surface area contributed by atoms with E-state index in [4.69, 9.17) is 0 Å². The van der Waals surface area contributed by atoms with Gasteiger partial charge in [0, 0.05) is 19.6 Å². The number of hydrogen-bond acceptors (Lipinski definition) is 2. The molecule has 1 heterocycles. The van der Waals surface area contributed by atoms with Gasteiger partial charge >= 0.3 is 6.36 Å². The number of hydrogen-bond donors (Lipinski definition) is 0. The zero-order valence-electron chi connectivity index (χ0n) is 12.3. The molecule has 0 aliphatic carbocycles. The molecule has 0 atom stereocenters. The van der Waals surface area contributed by atoms with Crippen LogP contribution in [0, 0.1) is 0 Å². The van der Waals surface area contributed by atoms with E-state index in [0.29, 0.717) is 0 Å². The first-order valence-electron chi connectivity index (χ1n) is 7.13. The number of ether oxygens (including phenoxy) is 1. The van der Waals surface area contributed by atoms with Crippen molar-refractivity contribution in [2.75, 3.05) is 6.54 Å². The zero-order chi connectivity index (χ0) is 15.6. The molecule has 0 saturated carbocycles. The van der Waals surface area contributed by atoms with E-state index in [1.54, 1.807) is 12.1 Å². The molecule has 0 fully saturated rings. The van der Waals surface area contributed by atoms with Crippen LogP contribution in [0.25, 0.3) is 0 Å². The summed E-state index contributed by atoms with van der Waals surface area (Å²) < 4.78 is 40.3. The summed E-state index contributed by atoms with van der Waals surface area (Å²) in [5.41, 5.74) is 3.69. The van der Waals surface area contributed by atoms with Crippen LogP contribution in [-0.2, 0) is 19.5 Å². The molecule has 0 spiro atoms. The molecule has 0 amide bonds. The highest BCUT2D eigenvalue weighted by atomic mass is 35.5. The Hall–Kier alpha value is -1.72. The van der Waals surface area contributed by atoms with Crippen molar-refractivity contribution >= 4 is 12.4 Å². The summed E-state index contributed by atoms with van der Waals surface area (Å²) in [7, 11) is 0. The molecule has 0 saturated heterocycles. The van der Waals surface area contributed by atoms with Crippen LogP contribution in [0.2, 0.25) is 0 Å². The molecule has 2 aromatic rings. The van der Waals surface area contributed by atoms with Crippen LogP contribution < -0.4 is 4.74 Å². The first kappa shape index (κ1) is 17.6. The largest absolute Gasteiger partial charge is 0.573 e. The minimum absolute atomic E-state index is 0. The standard InChI is InChI=1S/C17H16F3NO.ClH/c18-17(19,20)22-16-7-5-13(6-8-16)11-21-10-9-14-3-1-2-4-15(14)12-21;/h1-8H,9-12H2;1H. The van der Waals surface area contributed by atoms with Crippen LogP contribution >= 0.6 is 12.4 Å². The van der Waals surface area contributed by atoms with Gasteiger partial charge in [0.25, 0.3) is 0 Å². The van der Waals surface area contributed by atoms with Gasteiger partial charge < -0.3 is 4.74 Å². The molecule has 2 nitrogen and oxygen atoms in total. The summed E-state index contributed by atoms with van der Waals surface area (Å²) >= 11 is 0. The first-order chi connectivity index (χ1) is 10.5. The quantitative estimate of drug-likeness (QED) is 0.809. The molecule has 0 aromatic heterocycles. The lowest BCUT2D eigenvalue weighted by Crippen LogP contribution is -2.29. The molecule has 1 aliphatic rings. The van der Waals surface area contributed by atoms with Crippen molar-refractivity contribution in [3.63, 3.8) is 0 Å². The molecule has 0 N–H and O–H groups in total. The molecular formula is C17H17ClF3NO. The molecule has 2 aromatic carbocycles. The lowest BCUT2D eigenvalue weighted by molar-refractivity contribution is -0.274. The average Bonchev–Trinajstić information content (AvgIpc) is 2.48. The molecule has 0 bridgehead atoms. The molecular weight excluding hydrogens is 327 g/mol. The van der Waals surface area contributed by atoms with Crippen LogP contribution in [-0.4, -0.2) is 17.8 Å². The normalized spacial score (nSPS) is 14.7. The van der Waals surface area contributed by atoms with Crippen LogP contribution in [0.15, 0.2) is 48.5 Å². The summed E-state index contributed by atoms with van der Waals surface area (Å²) in [4.78, 5) is 2.29. The lowest BCUT2D eigenvalue weighted by atomic mass is 9.99. The Labute approximate surface area is 139 Å². The summed E-state index contributed by atoms with van der Waals surface area (Å²) in [6, 6.07) is 14.4. The van der Waals surface area contributed by atoms with Gasteiger partial charge in [0.05, 0.1) is 0 Å². The second-order valence-electron chi connectivity index (χ2n) is 5.42. The highest BCUT2D eigenvalue weighted by Gasteiger charge is 2.31. The van der Waals surface area contributed by atoms with Gasteiger partial charge in [-0.1, -0.05) is 36.4 Å². The second-order valence-corrected chi connectivity index (χ2v) is 5.42. The Morgan fingerprint density at radius 1 is 0.957 bits per heavy atom. The fourth-order valence-corrected chi connectivity index (χ4v) is 2.74. The molecule has 6 heteroatoms. The van der Waals surface area contributed by atoms with E-state index in [1.807, 2.05) is 12.1 Å². The lowest BCUT2D eigenvalue weighted by Gasteiger charge is -2.28. The maximum absolute atomic E-state index is 12.1. The predicted octanol–water partition coefficient (Wildman–Crippen LogP) is 4.57. The Kier molecular flexibility index (Phi) is 5.55. The summed E-state index contributed by atoms with van der Waals surface area (Å²) in [6.45, 7) is 2.55. The van der Waals surface area contributed by atoms with Crippen molar-refractivity contribution in [2.24, 2.45) is 0 Å². The second kappa shape index (κ2) is 7.23. The summed E-state index contributed by atoms with van der Waals surface area (Å²) in [5, 5.41) is 0. The third-order valence-electron chi connectivity index (χ3n) is 3.77. The van der Waals surface area contributed by atoms with Gasteiger partial charge in [-0.15, -0.1) is 25.6 Å². The van der Waals surface area contributed by atoms with Crippen LogP contribution in [0.3, 0.4) is 0 Å². The van der Waals surface area contributed by atoms with Crippen LogP contribution in [0.4, 0.5) is 13.2 Å². The monoisotopic (exact) mass is 343 g/mol. The zero-order valence-corrected chi connectivity index (χ0v) is 13.2. The fraction of sp³-hybridized carbons (Fsp3) is 0.294. The fourth-order valence-electron chi connectivity index (χ4n) is 2.74. The van der Waals surface area contributed by atoms with Gasteiger partial charge in [0.2, 0.25) is 0 Å². The molecule has 0 unspecified atom stereocenters. The Bertz CT molecular complexity index is 643. The molecule has 124 valence electrons. The SMILES string of the molecule is Cl.FC(F)(F)Oc1ccc(CN2CCc3ccccc3C2)cc1. The Morgan fingerprint density at radius 2 is 1.61 bits per heavy atom. The smallest absolute Gasteiger partial charge is 0.406 e. The van der Waals surface area contributed by atoms with E-state index in [2.05, 4.69) is 21.8 Å². The number of nitrogens with zero attached hydrogens (tertiary/aromatic N) is 1. The van der Waals surface area contributed by atoms with E-state index < -0.39 is 6.36 Å². The van der Waals surface area contributed by atoms with Crippen molar-refractivity contribution in [3.8, 4) is 5.75 Å². The van der Waals surface area contributed by atoms with E-state index in [9.17, 15) is 13.2 Å². The van der Waals surface area contributed by atoms with Crippen molar-refractivity contribution in [3.05, 3.63) is 65.2 Å². The topological polar surface area (TPSA) is 12.5 Å². The maximum atomic E-state index is 12.1. The van der Waals surface area contributed by atoms with Crippen molar-refractivity contribution < 1.29 is 17.9 Å². The third-order valence-corrected chi connectivity index (χ3v) is 3.77. The van der Waals surface area contributed by atoms with Gasteiger partial charge in [0.15, 0.2) is 0 Å². The average molecular weight is 344 g/mol.